The lowest BCUT2D eigenvalue weighted by molar-refractivity contribution is -0.293. The van der Waals surface area contributed by atoms with Crippen LogP contribution in [0.15, 0.2) is 24.3 Å². The molecule has 4 heteroatoms. The van der Waals surface area contributed by atoms with Gasteiger partial charge in [0.1, 0.15) is 6.29 Å². The molecule has 0 radical (unpaired) electrons. The fourth-order valence-electron chi connectivity index (χ4n) is 5.58. The van der Waals surface area contributed by atoms with Crippen molar-refractivity contribution in [3.8, 4) is 0 Å². The highest BCUT2D eigenvalue weighted by Gasteiger charge is 2.69. The third kappa shape index (κ3) is 1.85. The van der Waals surface area contributed by atoms with Crippen molar-refractivity contribution < 1.29 is 19.1 Å². The Kier molecular flexibility index (Phi) is 3.88. The maximum Gasteiger partial charge on any atom is 0.199 e. The highest BCUT2D eigenvalue weighted by atomic mass is 16.7. The smallest absolute Gasteiger partial charge is 0.199 e. The zero-order valence-corrected chi connectivity index (χ0v) is 14.3. The minimum Gasteiger partial charge on any atom is -0.349 e. The molecule has 23 heavy (non-hydrogen) atoms. The first-order chi connectivity index (χ1) is 10.9. The summed E-state index contributed by atoms with van der Waals surface area (Å²) in [4.78, 5) is 23.6. The molecule has 4 rings (SSSR count). The SMILES string of the molecule is C=C1[C@H]2CC[C@@]3(C=CC(=O)[C@@](C)(CCC=O)C3C2)C1(OC)OC. The molecule has 0 aliphatic heterocycles. The average Bonchev–Trinajstić information content (AvgIpc) is 2.58. The number of carbonyl (C=O) groups is 2. The molecule has 0 saturated heterocycles. The van der Waals surface area contributed by atoms with E-state index in [4.69, 9.17) is 9.47 Å². The lowest BCUT2D eigenvalue weighted by Gasteiger charge is -2.65. The quantitative estimate of drug-likeness (QED) is 0.444. The number of hydrogen-bond acceptors (Lipinski definition) is 4. The van der Waals surface area contributed by atoms with Crippen LogP contribution in [0.1, 0.15) is 39.0 Å². The maximum atomic E-state index is 12.7. The predicted molar refractivity (Wildman–Crippen MR) is 86.7 cm³/mol. The topological polar surface area (TPSA) is 52.6 Å². The Balaban J connectivity index is 2.16. The first-order valence-electron chi connectivity index (χ1n) is 8.38. The second-order valence-corrected chi connectivity index (χ2v) is 7.43. The van der Waals surface area contributed by atoms with Crippen molar-refractivity contribution >= 4 is 12.1 Å². The maximum absolute atomic E-state index is 12.7. The van der Waals surface area contributed by atoms with E-state index in [-0.39, 0.29) is 17.1 Å². The number of carbonyl (C=O) groups excluding carboxylic acids is 2. The zero-order valence-electron chi connectivity index (χ0n) is 14.3. The van der Waals surface area contributed by atoms with E-state index < -0.39 is 11.2 Å². The Labute approximate surface area is 137 Å². The molecular weight excluding hydrogens is 292 g/mol. The van der Waals surface area contributed by atoms with Crippen LogP contribution >= 0.6 is 0 Å². The van der Waals surface area contributed by atoms with Gasteiger partial charge in [-0.15, -0.1) is 0 Å². The lowest BCUT2D eigenvalue weighted by atomic mass is 9.42. The summed E-state index contributed by atoms with van der Waals surface area (Å²) < 4.78 is 11.8. The largest absolute Gasteiger partial charge is 0.349 e. The van der Waals surface area contributed by atoms with E-state index in [0.29, 0.717) is 18.8 Å². The van der Waals surface area contributed by atoms with E-state index in [9.17, 15) is 9.59 Å². The van der Waals surface area contributed by atoms with Gasteiger partial charge in [-0.25, -0.2) is 0 Å². The van der Waals surface area contributed by atoms with Crippen molar-refractivity contribution in [2.24, 2.45) is 22.7 Å². The molecule has 1 unspecified atom stereocenters. The van der Waals surface area contributed by atoms with Gasteiger partial charge in [0, 0.05) is 26.1 Å². The van der Waals surface area contributed by atoms with Gasteiger partial charge in [-0.1, -0.05) is 19.6 Å². The van der Waals surface area contributed by atoms with Crippen LogP contribution < -0.4 is 0 Å². The van der Waals surface area contributed by atoms with Crippen LogP contribution in [0.4, 0.5) is 0 Å². The van der Waals surface area contributed by atoms with Gasteiger partial charge in [-0.2, -0.15) is 0 Å². The highest BCUT2D eigenvalue weighted by Crippen LogP contribution is 2.68. The Hall–Kier alpha value is -1.26. The van der Waals surface area contributed by atoms with Gasteiger partial charge >= 0.3 is 0 Å². The van der Waals surface area contributed by atoms with E-state index in [1.165, 1.54) is 0 Å². The van der Waals surface area contributed by atoms with E-state index >= 15 is 0 Å². The molecule has 126 valence electrons. The van der Waals surface area contributed by atoms with Crippen molar-refractivity contribution in [3.05, 3.63) is 24.3 Å². The normalized spacial score (nSPS) is 41.0. The summed E-state index contributed by atoms with van der Waals surface area (Å²) >= 11 is 0. The zero-order chi connectivity index (χ0) is 16.9. The van der Waals surface area contributed by atoms with Crippen molar-refractivity contribution in [1.29, 1.82) is 0 Å². The van der Waals surface area contributed by atoms with Crippen molar-refractivity contribution in [3.63, 3.8) is 0 Å². The molecule has 4 nitrogen and oxygen atoms in total. The van der Waals surface area contributed by atoms with Crippen molar-refractivity contribution in [2.45, 2.75) is 44.8 Å². The third-order valence-electron chi connectivity index (χ3n) is 6.80. The molecule has 4 atom stereocenters. The van der Waals surface area contributed by atoms with Gasteiger partial charge in [-0.3, -0.25) is 4.79 Å². The number of methoxy groups -OCH3 is 2. The van der Waals surface area contributed by atoms with Gasteiger partial charge in [0.05, 0.1) is 5.41 Å². The van der Waals surface area contributed by atoms with Crippen molar-refractivity contribution in [1.82, 2.24) is 0 Å². The monoisotopic (exact) mass is 318 g/mol. The lowest BCUT2D eigenvalue weighted by Crippen LogP contribution is -2.67. The van der Waals surface area contributed by atoms with Crippen LogP contribution in [0, 0.1) is 22.7 Å². The molecule has 3 fully saturated rings. The molecule has 0 heterocycles. The summed E-state index contributed by atoms with van der Waals surface area (Å²) in [5.74, 6) is -0.346. The predicted octanol–water partition coefficient (Wildman–Crippen LogP) is 3.07. The molecule has 0 amide bonds. The molecule has 4 aliphatic carbocycles. The van der Waals surface area contributed by atoms with Gasteiger partial charge in [0.2, 0.25) is 0 Å². The van der Waals surface area contributed by atoms with Crippen LogP contribution in [0.5, 0.6) is 0 Å². The van der Waals surface area contributed by atoms with Gasteiger partial charge in [0.15, 0.2) is 11.6 Å². The van der Waals surface area contributed by atoms with Crippen LogP contribution in [-0.2, 0) is 19.1 Å². The van der Waals surface area contributed by atoms with E-state index in [0.717, 1.165) is 31.1 Å². The number of rotatable bonds is 5. The summed E-state index contributed by atoms with van der Waals surface area (Å²) in [6, 6.07) is 0. The summed E-state index contributed by atoms with van der Waals surface area (Å²) in [6.45, 7) is 6.29. The Bertz CT molecular complexity index is 574. The second-order valence-electron chi connectivity index (χ2n) is 7.43. The average molecular weight is 318 g/mol. The third-order valence-corrected chi connectivity index (χ3v) is 6.80. The summed E-state index contributed by atoms with van der Waals surface area (Å²) in [7, 11) is 3.32. The Morgan fingerprint density at radius 1 is 1.39 bits per heavy atom. The fourth-order valence-corrected chi connectivity index (χ4v) is 5.58. The van der Waals surface area contributed by atoms with Crippen LogP contribution in [0.3, 0.4) is 0 Å². The first kappa shape index (κ1) is 16.6. The second kappa shape index (κ2) is 5.38. The van der Waals surface area contributed by atoms with Crippen LogP contribution in [0.2, 0.25) is 0 Å². The molecule has 3 saturated carbocycles. The van der Waals surface area contributed by atoms with Crippen molar-refractivity contribution in [2.75, 3.05) is 14.2 Å². The van der Waals surface area contributed by atoms with Crippen LogP contribution in [0.25, 0.3) is 0 Å². The number of ketones is 1. The Morgan fingerprint density at radius 2 is 2.09 bits per heavy atom. The number of fused-ring (bicyclic) bond motifs is 2. The minimum atomic E-state index is -0.877. The summed E-state index contributed by atoms with van der Waals surface area (Å²) in [5.41, 5.74) is 0.0623. The Morgan fingerprint density at radius 3 is 2.70 bits per heavy atom. The minimum absolute atomic E-state index is 0.108. The molecule has 2 bridgehead atoms. The molecule has 0 aromatic carbocycles. The number of aldehydes is 1. The van der Waals surface area contributed by atoms with E-state index in [1.807, 2.05) is 13.0 Å². The summed E-state index contributed by atoms with van der Waals surface area (Å²) in [6.07, 6.45) is 8.47. The van der Waals surface area contributed by atoms with Gasteiger partial charge in [0.25, 0.3) is 0 Å². The number of allylic oxidation sites excluding steroid dienone is 1. The number of hydrogen-bond donors (Lipinski definition) is 0. The molecule has 0 aromatic heterocycles. The standard InChI is InChI=1S/C19H26O4/c1-13-14-6-9-18(19(13,22-3)23-4)10-7-16(21)17(2,8-5-11-20)15(18)12-14/h7,10-11,14-15H,1,5-6,8-9,12H2,2-4H3/t14-,15?,17-,18-/m0/s1. The molecule has 1 spiro atoms. The summed E-state index contributed by atoms with van der Waals surface area (Å²) in [5, 5.41) is 0. The number of ether oxygens (including phenoxy) is 2. The van der Waals surface area contributed by atoms with Gasteiger partial charge in [-0.05, 0) is 49.2 Å². The molecule has 4 aliphatic rings. The first-order valence-corrected chi connectivity index (χ1v) is 8.38. The highest BCUT2D eigenvalue weighted by molar-refractivity contribution is 5.96. The molecule has 0 aromatic rings. The molecular formula is C19H26O4. The van der Waals surface area contributed by atoms with Crippen LogP contribution in [-0.4, -0.2) is 32.1 Å². The van der Waals surface area contributed by atoms with Gasteiger partial charge < -0.3 is 14.3 Å². The van der Waals surface area contributed by atoms with E-state index in [1.54, 1.807) is 20.3 Å². The fraction of sp³-hybridized carbons (Fsp3) is 0.684. The molecule has 0 N–H and O–H groups in total. The van der Waals surface area contributed by atoms with E-state index in [2.05, 4.69) is 6.58 Å².